The first-order chi connectivity index (χ1) is 18.0. The van der Waals surface area contributed by atoms with Gasteiger partial charge in [-0.05, 0) is 30.3 Å². The number of nitrogens with zero attached hydrogens (tertiary/aromatic N) is 1. The van der Waals surface area contributed by atoms with E-state index in [-0.39, 0.29) is 17.3 Å². The van der Waals surface area contributed by atoms with Crippen LogP contribution in [0, 0.1) is 11.2 Å². The molecule has 4 aromatic rings. The van der Waals surface area contributed by atoms with Crippen molar-refractivity contribution in [2.24, 2.45) is 5.41 Å². The molecule has 3 aromatic carbocycles. The number of anilines is 1. The fourth-order valence-electron chi connectivity index (χ4n) is 6.50. The molecule has 1 fully saturated rings. The molecule has 7 rings (SSSR count). The van der Waals surface area contributed by atoms with Crippen LogP contribution in [0.2, 0.25) is 0 Å². The number of halogens is 1. The summed E-state index contributed by atoms with van der Waals surface area (Å²) in [5.74, 6) is -1.84. The van der Waals surface area contributed by atoms with E-state index in [1.807, 2.05) is 11.0 Å². The van der Waals surface area contributed by atoms with Crippen LogP contribution in [0.25, 0.3) is 6.08 Å². The number of ketones is 3. The van der Waals surface area contributed by atoms with E-state index in [4.69, 9.17) is 4.42 Å². The highest BCUT2D eigenvalue weighted by Crippen LogP contribution is 2.61. The van der Waals surface area contributed by atoms with Gasteiger partial charge in [0, 0.05) is 27.9 Å². The van der Waals surface area contributed by atoms with Gasteiger partial charge in [0.2, 0.25) is 0 Å². The first-order valence-electron chi connectivity index (χ1n) is 12.1. The van der Waals surface area contributed by atoms with Crippen LogP contribution in [0.1, 0.15) is 48.3 Å². The van der Waals surface area contributed by atoms with Gasteiger partial charge in [0.15, 0.2) is 17.3 Å². The molecule has 1 aromatic heterocycles. The number of benzene rings is 3. The molecule has 37 heavy (non-hydrogen) atoms. The third kappa shape index (κ3) is 2.75. The highest BCUT2D eigenvalue weighted by atomic mass is 19.1. The van der Waals surface area contributed by atoms with Crippen molar-refractivity contribution in [1.82, 2.24) is 0 Å². The van der Waals surface area contributed by atoms with Gasteiger partial charge in [0.05, 0.1) is 18.2 Å². The molecule has 2 aliphatic heterocycles. The predicted octanol–water partition coefficient (Wildman–Crippen LogP) is 5.74. The second kappa shape index (κ2) is 7.71. The molecule has 0 unspecified atom stereocenters. The number of Topliss-reactive ketones (excluding diaryl/α,β-unsaturated/α-hetero) is 3. The Morgan fingerprint density at radius 2 is 1.57 bits per heavy atom. The van der Waals surface area contributed by atoms with Gasteiger partial charge < -0.3 is 9.32 Å². The Balaban J connectivity index is 1.55. The molecular formula is C31H20FNO4. The second-order valence-corrected chi connectivity index (χ2v) is 9.66. The van der Waals surface area contributed by atoms with Crippen molar-refractivity contribution in [1.29, 1.82) is 0 Å². The van der Waals surface area contributed by atoms with Crippen LogP contribution < -0.4 is 4.90 Å². The summed E-state index contributed by atoms with van der Waals surface area (Å²) >= 11 is 0. The Morgan fingerprint density at radius 3 is 2.24 bits per heavy atom. The summed E-state index contributed by atoms with van der Waals surface area (Å²) in [5.41, 5.74) is 0.679. The van der Waals surface area contributed by atoms with E-state index in [0.29, 0.717) is 33.7 Å². The zero-order valence-corrected chi connectivity index (χ0v) is 19.5. The SMILES string of the molecule is O=C(c1ccccc1)[C@H]1[C@H](c2ccco2)C2(C(=O)c3ccccc3C2=O)[C@H]2C=Cc3cc(F)ccc3N12. The normalized spacial score (nSPS) is 22.7. The lowest BCUT2D eigenvalue weighted by molar-refractivity contribution is 0.0652. The fraction of sp³-hybridized carbons (Fsp3) is 0.129. The Bertz CT molecular complexity index is 1590. The van der Waals surface area contributed by atoms with Gasteiger partial charge in [-0.3, -0.25) is 14.4 Å². The minimum Gasteiger partial charge on any atom is -0.469 e. The number of furan rings is 1. The number of carbonyl (C=O) groups excluding carboxylic acids is 3. The van der Waals surface area contributed by atoms with Gasteiger partial charge in [0.25, 0.3) is 0 Å². The van der Waals surface area contributed by atoms with Gasteiger partial charge in [0.1, 0.15) is 23.0 Å². The maximum absolute atomic E-state index is 14.4. The number of carbonyl (C=O) groups is 3. The molecule has 6 heteroatoms. The van der Waals surface area contributed by atoms with Crippen LogP contribution >= 0.6 is 0 Å². The van der Waals surface area contributed by atoms with Crippen LogP contribution in [0.4, 0.5) is 10.1 Å². The lowest BCUT2D eigenvalue weighted by Crippen LogP contribution is -2.48. The van der Waals surface area contributed by atoms with Gasteiger partial charge >= 0.3 is 0 Å². The van der Waals surface area contributed by atoms with E-state index in [9.17, 15) is 18.8 Å². The average molecular weight is 490 g/mol. The summed E-state index contributed by atoms with van der Waals surface area (Å²) in [4.78, 5) is 44.9. The Morgan fingerprint density at radius 1 is 0.865 bits per heavy atom. The summed E-state index contributed by atoms with van der Waals surface area (Å²) in [7, 11) is 0. The van der Waals surface area contributed by atoms with Crippen LogP contribution in [-0.2, 0) is 0 Å². The summed E-state index contributed by atoms with van der Waals surface area (Å²) in [6, 6.07) is 21.6. The average Bonchev–Trinajstić information content (AvgIpc) is 3.62. The Hall–Kier alpha value is -4.58. The second-order valence-electron chi connectivity index (χ2n) is 9.66. The van der Waals surface area contributed by atoms with Gasteiger partial charge in [-0.25, -0.2) is 4.39 Å². The molecule has 1 spiro atoms. The summed E-state index contributed by atoms with van der Waals surface area (Å²) in [6.07, 6.45) is 4.98. The monoisotopic (exact) mass is 489 g/mol. The third-order valence-electron chi connectivity index (χ3n) is 7.94. The van der Waals surface area contributed by atoms with E-state index >= 15 is 0 Å². The van der Waals surface area contributed by atoms with E-state index < -0.39 is 29.2 Å². The largest absolute Gasteiger partial charge is 0.469 e. The molecule has 0 radical (unpaired) electrons. The zero-order valence-electron chi connectivity index (χ0n) is 19.5. The Kier molecular flexibility index (Phi) is 4.52. The van der Waals surface area contributed by atoms with Gasteiger partial charge in [-0.2, -0.15) is 0 Å². The minimum atomic E-state index is -1.63. The third-order valence-corrected chi connectivity index (χ3v) is 7.94. The van der Waals surface area contributed by atoms with E-state index in [2.05, 4.69) is 0 Å². The molecule has 1 saturated heterocycles. The van der Waals surface area contributed by atoms with Crippen molar-refractivity contribution >= 4 is 29.1 Å². The molecule has 0 N–H and O–H groups in total. The highest BCUT2D eigenvalue weighted by Gasteiger charge is 2.72. The molecule has 3 atom stereocenters. The number of fused-ring (bicyclic) bond motifs is 5. The van der Waals surface area contributed by atoms with E-state index in [1.54, 1.807) is 78.9 Å². The molecule has 3 heterocycles. The van der Waals surface area contributed by atoms with Crippen LogP contribution in [0.5, 0.6) is 0 Å². The lowest BCUT2D eigenvalue weighted by Gasteiger charge is -2.37. The highest BCUT2D eigenvalue weighted by molar-refractivity contribution is 6.32. The first kappa shape index (κ1) is 21.7. The van der Waals surface area contributed by atoms with E-state index in [1.165, 1.54) is 18.4 Å². The van der Waals surface area contributed by atoms with Crippen LogP contribution in [-0.4, -0.2) is 29.4 Å². The van der Waals surface area contributed by atoms with Crippen LogP contribution in [0.3, 0.4) is 0 Å². The molecular weight excluding hydrogens is 469 g/mol. The fourth-order valence-corrected chi connectivity index (χ4v) is 6.50. The zero-order chi connectivity index (χ0) is 25.3. The summed E-state index contributed by atoms with van der Waals surface area (Å²) < 4.78 is 20.1. The first-order valence-corrected chi connectivity index (χ1v) is 12.1. The van der Waals surface area contributed by atoms with Crippen molar-refractivity contribution in [2.75, 3.05) is 4.90 Å². The topological polar surface area (TPSA) is 67.6 Å². The van der Waals surface area contributed by atoms with Gasteiger partial charge in [-0.15, -0.1) is 0 Å². The quantitative estimate of drug-likeness (QED) is 0.271. The van der Waals surface area contributed by atoms with Crippen LogP contribution in [0.15, 0.2) is 102 Å². The molecule has 0 saturated carbocycles. The number of hydrogen-bond acceptors (Lipinski definition) is 5. The Labute approximate surface area is 211 Å². The van der Waals surface area contributed by atoms with Crippen molar-refractivity contribution in [3.8, 4) is 0 Å². The van der Waals surface area contributed by atoms with E-state index in [0.717, 1.165) is 0 Å². The van der Waals surface area contributed by atoms with Crippen molar-refractivity contribution in [2.45, 2.75) is 18.0 Å². The molecule has 1 aliphatic carbocycles. The maximum Gasteiger partial charge on any atom is 0.186 e. The minimum absolute atomic E-state index is 0.244. The van der Waals surface area contributed by atoms with Crippen molar-refractivity contribution < 1.29 is 23.2 Å². The summed E-state index contributed by atoms with van der Waals surface area (Å²) in [5, 5.41) is 0. The molecule has 5 nitrogen and oxygen atoms in total. The lowest BCUT2D eigenvalue weighted by atomic mass is 9.65. The molecule has 180 valence electrons. The summed E-state index contributed by atoms with van der Waals surface area (Å²) in [6.45, 7) is 0. The standard InChI is InChI=1S/C31H20FNO4/c32-20-13-14-23-19(17-20)12-15-25-31(29(35)21-9-4-5-10-22(21)30(31)36)26(24-11-6-16-37-24)27(33(23)25)28(34)18-7-2-1-3-8-18/h1-17,25-27H/t25-,26+,27-/m1/s1. The van der Waals surface area contributed by atoms with Gasteiger partial charge in [-0.1, -0.05) is 66.7 Å². The molecule has 3 aliphatic rings. The maximum atomic E-state index is 14.4. The van der Waals surface area contributed by atoms with Crippen molar-refractivity contribution in [3.63, 3.8) is 0 Å². The number of rotatable bonds is 3. The smallest absolute Gasteiger partial charge is 0.186 e. The predicted molar refractivity (Wildman–Crippen MR) is 135 cm³/mol. The number of hydrogen-bond donors (Lipinski definition) is 0. The molecule has 0 bridgehead atoms. The van der Waals surface area contributed by atoms with Crippen molar-refractivity contribution in [3.05, 3.63) is 131 Å². The molecule has 0 amide bonds.